The third kappa shape index (κ3) is 6.68. The Balaban J connectivity index is 1.81. The first kappa shape index (κ1) is 17.3. The molecule has 0 spiro atoms. The highest BCUT2D eigenvalue weighted by molar-refractivity contribution is 5.69. The molecule has 0 bridgehead atoms. The van der Waals surface area contributed by atoms with Crippen LogP contribution < -0.4 is 4.74 Å². The number of benzene rings is 1. The predicted molar refractivity (Wildman–Crippen MR) is 98.5 cm³/mol. The molecular formula is C21H27NO. The summed E-state index contributed by atoms with van der Waals surface area (Å²) in [6, 6.07) is 12.3. The van der Waals surface area contributed by atoms with Crippen LogP contribution in [0.2, 0.25) is 0 Å². The molecule has 23 heavy (non-hydrogen) atoms. The predicted octanol–water partition coefficient (Wildman–Crippen LogP) is 5.99. The first-order valence-corrected chi connectivity index (χ1v) is 8.62. The summed E-state index contributed by atoms with van der Waals surface area (Å²) >= 11 is 0. The third-order valence-corrected chi connectivity index (χ3v) is 3.86. The fourth-order valence-electron chi connectivity index (χ4n) is 2.47. The molecule has 0 radical (unpaired) electrons. The van der Waals surface area contributed by atoms with Crippen molar-refractivity contribution in [2.45, 2.75) is 52.1 Å². The Kier molecular flexibility index (Phi) is 7.38. The van der Waals surface area contributed by atoms with Gasteiger partial charge in [0.2, 0.25) is 0 Å². The second-order valence-electron chi connectivity index (χ2n) is 5.96. The lowest BCUT2D eigenvalue weighted by Gasteiger charge is -2.14. The second-order valence-corrected chi connectivity index (χ2v) is 5.96. The highest BCUT2D eigenvalue weighted by Gasteiger charge is 2.03. The number of rotatable bonds is 9. The molecule has 0 aliphatic heterocycles. The van der Waals surface area contributed by atoms with E-state index in [0.29, 0.717) is 0 Å². The van der Waals surface area contributed by atoms with E-state index >= 15 is 0 Å². The molecule has 1 aromatic heterocycles. The van der Waals surface area contributed by atoms with E-state index in [2.05, 4.69) is 55.2 Å². The quantitative estimate of drug-likeness (QED) is 0.531. The Labute approximate surface area is 140 Å². The number of hydrogen-bond donors (Lipinski definition) is 0. The van der Waals surface area contributed by atoms with Gasteiger partial charge in [-0.3, -0.25) is 4.98 Å². The standard InChI is InChI=1S/C21H27NO/c1-3-4-5-6-7-18(2)23-21-12-10-19(11-13-21)8-9-20-14-16-22-17-15-20/h8-18H,3-7H2,1-2H3/t18-/m0/s1. The van der Waals surface area contributed by atoms with Crippen LogP contribution in [0.4, 0.5) is 0 Å². The highest BCUT2D eigenvalue weighted by Crippen LogP contribution is 2.17. The molecule has 0 fully saturated rings. The van der Waals surface area contributed by atoms with Crippen molar-refractivity contribution >= 4 is 12.2 Å². The second kappa shape index (κ2) is 9.83. The van der Waals surface area contributed by atoms with Gasteiger partial charge in [-0.15, -0.1) is 0 Å². The molecule has 1 atom stereocenters. The average Bonchev–Trinajstić information content (AvgIpc) is 2.59. The smallest absolute Gasteiger partial charge is 0.119 e. The number of pyridine rings is 1. The van der Waals surface area contributed by atoms with Crippen LogP contribution >= 0.6 is 0 Å². The topological polar surface area (TPSA) is 22.1 Å². The minimum atomic E-state index is 0.282. The van der Waals surface area contributed by atoms with Crippen LogP contribution in [0, 0.1) is 0 Å². The Hall–Kier alpha value is -2.09. The summed E-state index contributed by atoms with van der Waals surface area (Å²) in [5.41, 5.74) is 2.32. The van der Waals surface area contributed by atoms with E-state index in [1.54, 1.807) is 12.4 Å². The van der Waals surface area contributed by atoms with E-state index in [1.807, 2.05) is 12.1 Å². The maximum atomic E-state index is 5.98. The molecule has 0 aliphatic rings. The van der Waals surface area contributed by atoms with Crippen molar-refractivity contribution in [3.05, 3.63) is 59.9 Å². The van der Waals surface area contributed by atoms with Crippen molar-refractivity contribution in [1.29, 1.82) is 0 Å². The van der Waals surface area contributed by atoms with Crippen molar-refractivity contribution in [3.63, 3.8) is 0 Å². The lowest BCUT2D eigenvalue weighted by molar-refractivity contribution is 0.206. The Morgan fingerprint density at radius 1 is 0.913 bits per heavy atom. The molecule has 0 N–H and O–H groups in total. The van der Waals surface area contributed by atoms with Crippen LogP contribution in [-0.2, 0) is 0 Å². The fourth-order valence-corrected chi connectivity index (χ4v) is 2.47. The number of ether oxygens (including phenoxy) is 1. The molecule has 122 valence electrons. The van der Waals surface area contributed by atoms with E-state index in [0.717, 1.165) is 17.7 Å². The zero-order valence-electron chi connectivity index (χ0n) is 14.2. The average molecular weight is 309 g/mol. The van der Waals surface area contributed by atoms with Gasteiger partial charge in [0.15, 0.2) is 0 Å². The van der Waals surface area contributed by atoms with E-state index < -0.39 is 0 Å². The monoisotopic (exact) mass is 309 g/mol. The fraction of sp³-hybridized carbons (Fsp3) is 0.381. The number of unbranched alkanes of at least 4 members (excludes halogenated alkanes) is 3. The van der Waals surface area contributed by atoms with Crippen molar-refractivity contribution in [2.24, 2.45) is 0 Å². The van der Waals surface area contributed by atoms with Crippen LogP contribution in [0.5, 0.6) is 5.75 Å². The molecule has 0 unspecified atom stereocenters. The molecule has 0 aliphatic carbocycles. The van der Waals surface area contributed by atoms with Gasteiger partial charge in [-0.05, 0) is 55.2 Å². The Bertz CT molecular complexity index is 575. The molecule has 0 saturated heterocycles. The zero-order chi connectivity index (χ0) is 16.3. The molecule has 1 heterocycles. The van der Waals surface area contributed by atoms with Crippen LogP contribution in [0.15, 0.2) is 48.8 Å². The van der Waals surface area contributed by atoms with Gasteiger partial charge in [0.1, 0.15) is 5.75 Å². The summed E-state index contributed by atoms with van der Waals surface area (Å²) in [7, 11) is 0. The molecule has 0 amide bonds. The number of aromatic nitrogens is 1. The molecule has 2 aromatic rings. The number of hydrogen-bond acceptors (Lipinski definition) is 2. The molecule has 0 saturated carbocycles. The van der Waals surface area contributed by atoms with E-state index in [1.165, 1.54) is 31.2 Å². The summed E-state index contributed by atoms with van der Waals surface area (Å²) in [4.78, 5) is 4.02. The van der Waals surface area contributed by atoms with Crippen LogP contribution in [-0.4, -0.2) is 11.1 Å². The summed E-state index contributed by atoms with van der Waals surface area (Å²) in [5, 5.41) is 0. The lowest BCUT2D eigenvalue weighted by atomic mass is 10.1. The molecule has 2 rings (SSSR count). The van der Waals surface area contributed by atoms with Gasteiger partial charge < -0.3 is 4.74 Å². The van der Waals surface area contributed by atoms with Gasteiger partial charge in [0.25, 0.3) is 0 Å². The Morgan fingerprint density at radius 2 is 1.57 bits per heavy atom. The van der Waals surface area contributed by atoms with Gasteiger partial charge in [0.05, 0.1) is 6.10 Å². The normalized spacial score (nSPS) is 12.4. The van der Waals surface area contributed by atoms with E-state index in [4.69, 9.17) is 4.74 Å². The summed E-state index contributed by atoms with van der Waals surface area (Å²) in [6.45, 7) is 4.40. The van der Waals surface area contributed by atoms with Gasteiger partial charge >= 0.3 is 0 Å². The summed E-state index contributed by atoms with van der Waals surface area (Å²) in [5.74, 6) is 0.953. The van der Waals surface area contributed by atoms with Gasteiger partial charge in [-0.25, -0.2) is 0 Å². The van der Waals surface area contributed by atoms with Crippen molar-refractivity contribution in [3.8, 4) is 5.75 Å². The largest absolute Gasteiger partial charge is 0.491 e. The minimum absolute atomic E-state index is 0.282. The van der Waals surface area contributed by atoms with Gasteiger partial charge in [-0.1, -0.05) is 50.5 Å². The maximum Gasteiger partial charge on any atom is 0.119 e. The first-order chi connectivity index (χ1) is 11.3. The zero-order valence-corrected chi connectivity index (χ0v) is 14.2. The maximum absolute atomic E-state index is 5.98. The van der Waals surface area contributed by atoms with Gasteiger partial charge in [-0.2, -0.15) is 0 Å². The molecule has 2 heteroatoms. The van der Waals surface area contributed by atoms with Gasteiger partial charge in [0, 0.05) is 12.4 Å². The lowest BCUT2D eigenvalue weighted by Crippen LogP contribution is -2.11. The van der Waals surface area contributed by atoms with E-state index in [9.17, 15) is 0 Å². The minimum Gasteiger partial charge on any atom is -0.491 e. The van der Waals surface area contributed by atoms with Crippen LogP contribution in [0.25, 0.3) is 12.2 Å². The van der Waals surface area contributed by atoms with E-state index in [-0.39, 0.29) is 6.10 Å². The van der Waals surface area contributed by atoms with Crippen molar-refractivity contribution in [2.75, 3.05) is 0 Å². The third-order valence-electron chi connectivity index (χ3n) is 3.86. The number of nitrogens with zero attached hydrogens (tertiary/aromatic N) is 1. The van der Waals surface area contributed by atoms with Crippen LogP contribution in [0.1, 0.15) is 57.1 Å². The van der Waals surface area contributed by atoms with Crippen molar-refractivity contribution < 1.29 is 4.74 Å². The molecule has 2 nitrogen and oxygen atoms in total. The van der Waals surface area contributed by atoms with Crippen molar-refractivity contribution in [1.82, 2.24) is 4.98 Å². The highest BCUT2D eigenvalue weighted by atomic mass is 16.5. The molecule has 1 aromatic carbocycles. The van der Waals surface area contributed by atoms with Crippen LogP contribution in [0.3, 0.4) is 0 Å². The summed E-state index contributed by atoms with van der Waals surface area (Å²) < 4.78 is 5.98. The first-order valence-electron chi connectivity index (χ1n) is 8.62. The molecular weight excluding hydrogens is 282 g/mol. The summed E-state index contributed by atoms with van der Waals surface area (Å²) in [6.07, 6.45) is 14.4. The SMILES string of the molecule is CCCCCC[C@H](C)Oc1ccc(C=Cc2ccncc2)cc1. The Morgan fingerprint density at radius 3 is 2.22 bits per heavy atom.